The van der Waals surface area contributed by atoms with E-state index in [1.54, 1.807) is 56.3 Å². The third-order valence-electron chi connectivity index (χ3n) is 5.57. The number of sulfonamides is 1. The van der Waals surface area contributed by atoms with Crippen molar-refractivity contribution in [2.45, 2.75) is 52.7 Å². The van der Waals surface area contributed by atoms with Gasteiger partial charge in [0.05, 0.1) is 22.0 Å². The van der Waals surface area contributed by atoms with Crippen molar-refractivity contribution in [2.75, 3.05) is 17.1 Å². The summed E-state index contributed by atoms with van der Waals surface area (Å²) < 4.78 is 26.3. The van der Waals surface area contributed by atoms with Crippen molar-refractivity contribution < 1.29 is 18.0 Å². The van der Waals surface area contributed by atoms with E-state index in [0.29, 0.717) is 26.9 Å². The number of nitrogens with one attached hydrogen (secondary N) is 1. The van der Waals surface area contributed by atoms with E-state index in [2.05, 4.69) is 5.32 Å². The molecule has 0 fully saturated rings. The minimum atomic E-state index is -3.78. The molecule has 0 unspecified atom stereocenters. The number of halogens is 2. The highest BCUT2D eigenvalue weighted by molar-refractivity contribution is 7.92. The molecule has 186 valence electrons. The van der Waals surface area contributed by atoms with Crippen LogP contribution in [-0.4, -0.2) is 50.0 Å². The molecule has 0 radical (unpaired) electrons. The number of benzene rings is 2. The second-order valence-electron chi connectivity index (χ2n) is 8.32. The molecule has 0 spiro atoms. The van der Waals surface area contributed by atoms with E-state index >= 15 is 0 Å². The summed E-state index contributed by atoms with van der Waals surface area (Å²) in [5, 5.41) is 3.57. The number of anilines is 1. The van der Waals surface area contributed by atoms with Crippen LogP contribution in [0.15, 0.2) is 42.5 Å². The number of carbonyl (C=O) groups is 2. The number of rotatable bonds is 10. The van der Waals surface area contributed by atoms with Gasteiger partial charge in [0, 0.05) is 12.6 Å². The van der Waals surface area contributed by atoms with Gasteiger partial charge in [-0.2, -0.15) is 0 Å². The van der Waals surface area contributed by atoms with Crippen LogP contribution in [-0.2, 0) is 26.2 Å². The molecule has 2 rings (SSSR count). The molecule has 2 aromatic carbocycles. The zero-order valence-electron chi connectivity index (χ0n) is 20.0. The van der Waals surface area contributed by atoms with Gasteiger partial charge >= 0.3 is 0 Å². The van der Waals surface area contributed by atoms with Gasteiger partial charge in [0.25, 0.3) is 0 Å². The van der Waals surface area contributed by atoms with Crippen LogP contribution in [0.3, 0.4) is 0 Å². The molecule has 34 heavy (non-hydrogen) atoms. The Labute approximate surface area is 212 Å². The number of hydrogen-bond acceptors (Lipinski definition) is 4. The SMILES string of the molecule is CC[C@@H](C)NC(=O)[C@@H](C)N(Cc1ccc(Cl)c(Cl)c1)C(=O)CN(c1ccccc1C)S(C)(=O)=O. The summed E-state index contributed by atoms with van der Waals surface area (Å²) in [5.41, 5.74) is 1.77. The fourth-order valence-corrected chi connectivity index (χ4v) is 4.55. The Bertz CT molecular complexity index is 1140. The summed E-state index contributed by atoms with van der Waals surface area (Å²) in [5.74, 6) is -0.851. The van der Waals surface area contributed by atoms with Crippen LogP contribution in [0.4, 0.5) is 5.69 Å². The van der Waals surface area contributed by atoms with Gasteiger partial charge in [-0.05, 0) is 56.5 Å². The average molecular weight is 529 g/mol. The van der Waals surface area contributed by atoms with Gasteiger partial charge < -0.3 is 10.2 Å². The van der Waals surface area contributed by atoms with Crippen molar-refractivity contribution >= 4 is 50.7 Å². The van der Waals surface area contributed by atoms with E-state index in [1.807, 2.05) is 13.8 Å². The Morgan fingerprint density at radius 2 is 1.71 bits per heavy atom. The maximum Gasteiger partial charge on any atom is 0.244 e. The highest BCUT2D eigenvalue weighted by Gasteiger charge is 2.31. The topological polar surface area (TPSA) is 86.8 Å². The van der Waals surface area contributed by atoms with E-state index in [0.717, 1.165) is 17.0 Å². The Morgan fingerprint density at radius 1 is 1.06 bits per heavy atom. The molecule has 10 heteroatoms. The number of nitrogens with zero attached hydrogens (tertiary/aromatic N) is 2. The number of para-hydroxylation sites is 1. The maximum absolute atomic E-state index is 13.5. The highest BCUT2D eigenvalue weighted by Crippen LogP contribution is 2.25. The lowest BCUT2D eigenvalue weighted by Crippen LogP contribution is -2.52. The largest absolute Gasteiger partial charge is 0.352 e. The molecule has 0 aromatic heterocycles. The molecule has 0 saturated carbocycles. The van der Waals surface area contributed by atoms with Crippen LogP contribution < -0.4 is 9.62 Å². The Morgan fingerprint density at radius 3 is 2.26 bits per heavy atom. The van der Waals surface area contributed by atoms with E-state index in [1.165, 1.54) is 4.90 Å². The summed E-state index contributed by atoms with van der Waals surface area (Å²) in [7, 11) is -3.78. The first kappa shape index (κ1) is 28.0. The predicted octanol–water partition coefficient (Wildman–Crippen LogP) is 4.40. The number of amides is 2. The molecule has 0 aliphatic carbocycles. The molecule has 2 amide bonds. The molecular weight excluding hydrogens is 497 g/mol. The molecule has 0 aliphatic rings. The van der Waals surface area contributed by atoms with Gasteiger partial charge in [-0.15, -0.1) is 0 Å². The zero-order chi connectivity index (χ0) is 25.6. The predicted molar refractivity (Wildman–Crippen MR) is 138 cm³/mol. The molecule has 0 saturated heterocycles. The van der Waals surface area contributed by atoms with E-state index in [4.69, 9.17) is 23.2 Å². The average Bonchev–Trinajstić information content (AvgIpc) is 2.77. The third-order valence-corrected chi connectivity index (χ3v) is 7.43. The summed E-state index contributed by atoms with van der Waals surface area (Å²) in [6.07, 6.45) is 1.78. The summed E-state index contributed by atoms with van der Waals surface area (Å²) in [4.78, 5) is 27.8. The van der Waals surface area contributed by atoms with Gasteiger partial charge in [-0.1, -0.05) is 54.4 Å². The first-order valence-corrected chi connectivity index (χ1v) is 13.5. The van der Waals surface area contributed by atoms with Crippen molar-refractivity contribution in [3.05, 3.63) is 63.6 Å². The lowest BCUT2D eigenvalue weighted by molar-refractivity contribution is -0.139. The first-order valence-electron chi connectivity index (χ1n) is 10.9. The van der Waals surface area contributed by atoms with Gasteiger partial charge in [0.2, 0.25) is 21.8 Å². The Kier molecular flexibility index (Phi) is 9.79. The van der Waals surface area contributed by atoms with Crippen molar-refractivity contribution in [2.24, 2.45) is 0 Å². The van der Waals surface area contributed by atoms with Crippen LogP contribution in [0.2, 0.25) is 10.0 Å². The lowest BCUT2D eigenvalue weighted by Gasteiger charge is -2.32. The normalized spacial score (nSPS) is 13.1. The van der Waals surface area contributed by atoms with Crippen molar-refractivity contribution in [3.63, 3.8) is 0 Å². The van der Waals surface area contributed by atoms with Gasteiger partial charge in [-0.3, -0.25) is 13.9 Å². The minimum Gasteiger partial charge on any atom is -0.352 e. The monoisotopic (exact) mass is 527 g/mol. The van der Waals surface area contributed by atoms with Crippen LogP contribution in [0.1, 0.15) is 38.3 Å². The zero-order valence-corrected chi connectivity index (χ0v) is 22.3. The second kappa shape index (κ2) is 11.9. The minimum absolute atomic E-state index is 0.0518. The summed E-state index contributed by atoms with van der Waals surface area (Å²) >= 11 is 12.2. The van der Waals surface area contributed by atoms with Gasteiger partial charge in [0.15, 0.2) is 0 Å². The van der Waals surface area contributed by atoms with Crippen molar-refractivity contribution in [3.8, 4) is 0 Å². The highest BCUT2D eigenvalue weighted by atomic mass is 35.5. The van der Waals surface area contributed by atoms with E-state index in [-0.39, 0.29) is 18.5 Å². The van der Waals surface area contributed by atoms with Crippen LogP contribution in [0, 0.1) is 6.92 Å². The fourth-order valence-electron chi connectivity index (χ4n) is 3.32. The first-order chi connectivity index (χ1) is 15.8. The molecular formula is C24H31Cl2N3O4S. The molecule has 0 bridgehead atoms. The Balaban J connectivity index is 2.42. The molecule has 1 N–H and O–H groups in total. The molecule has 2 atom stereocenters. The van der Waals surface area contributed by atoms with Crippen molar-refractivity contribution in [1.82, 2.24) is 10.2 Å². The number of aryl methyl sites for hydroxylation is 1. The number of carbonyl (C=O) groups excluding carboxylic acids is 2. The van der Waals surface area contributed by atoms with Crippen LogP contribution >= 0.6 is 23.2 Å². The van der Waals surface area contributed by atoms with Crippen LogP contribution in [0.25, 0.3) is 0 Å². The lowest BCUT2D eigenvalue weighted by atomic mass is 10.1. The summed E-state index contributed by atoms with van der Waals surface area (Å²) in [6, 6.07) is 10.9. The summed E-state index contributed by atoms with van der Waals surface area (Å²) in [6.45, 7) is 6.81. The van der Waals surface area contributed by atoms with Crippen LogP contribution in [0.5, 0.6) is 0 Å². The van der Waals surface area contributed by atoms with Crippen molar-refractivity contribution in [1.29, 1.82) is 0 Å². The van der Waals surface area contributed by atoms with E-state index in [9.17, 15) is 18.0 Å². The molecule has 0 aliphatic heterocycles. The smallest absolute Gasteiger partial charge is 0.244 e. The standard InChI is InChI=1S/C24H31Cl2N3O4S/c1-6-17(3)27-24(31)18(4)28(14-19-11-12-20(25)21(26)13-19)23(30)15-29(34(5,32)33)22-10-8-7-9-16(22)2/h7-13,17-18H,6,14-15H2,1-5H3,(H,27,31)/t17-,18-/m1/s1. The molecule has 2 aromatic rings. The maximum atomic E-state index is 13.5. The van der Waals surface area contributed by atoms with E-state index < -0.39 is 28.5 Å². The van der Waals surface area contributed by atoms with Gasteiger partial charge in [0.1, 0.15) is 12.6 Å². The third kappa shape index (κ3) is 7.35. The van der Waals surface area contributed by atoms with Gasteiger partial charge in [-0.25, -0.2) is 8.42 Å². The molecule has 0 heterocycles. The Hall–Kier alpha value is -2.29. The quantitative estimate of drug-likeness (QED) is 0.495. The molecule has 7 nitrogen and oxygen atoms in total. The second-order valence-corrected chi connectivity index (χ2v) is 11.0. The fraction of sp³-hybridized carbons (Fsp3) is 0.417. The number of hydrogen-bond donors (Lipinski definition) is 1.